The Balaban J connectivity index is 2.21. The quantitative estimate of drug-likeness (QED) is 0.424. The van der Waals surface area contributed by atoms with Crippen LogP contribution >= 0.6 is 0 Å². The first-order valence-corrected chi connectivity index (χ1v) is 12.5. The fourth-order valence-corrected chi connectivity index (χ4v) is 4.18. The van der Waals surface area contributed by atoms with Crippen molar-refractivity contribution in [2.24, 2.45) is 17.8 Å². The first-order valence-electron chi connectivity index (χ1n) is 12.5. The number of nitrogens with zero attached hydrogens (tertiary/aromatic N) is 1. The van der Waals surface area contributed by atoms with Gasteiger partial charge in [-0.05, 0) is 48.8 Å². The van der Waals surface area contributed by atoms with E-state index in [4.69, 9.17) is 9.47 Å². The molecule has 1 aromatic rings. The first kappa shape index (κ1) is 27.2. The zero-order valence-corrected chi connectivity index (χ0v) is 21.3. The lowest BCUT2D eigenvalue weighted by molar-refractivity contribution is -0.136. The van der Waals surface area contributed by atoms with Crippen LogP contribution in [-0.4, -0.2) is 53.8 Å². The third-order valence-corrected chi connectivity index (χ3v) is 5.84. The molecule has 0 saturated carbocycles. The van der Waals surface area contributed by atoms with Gasteiger partial charge in [0.15, 0.2) is 0 Å². The smallest absolute Gasteiger partial charge is 0.307 e. The number of ether oxygens (including phenoxy) is 2. The molecule has 6 nitrogen and oxygen atoms in total. The van der Waals surface area contributed by atoms with E-state index in [1.54, 1.807) is 18.2 Å². The summed E-state index contributed by atoms with van der Waals surface area (Å²) in [4.78, 5) is 26.9. The van der Waals surface area contributed by atoms with Crippen LogP contribution in [0.5, 0.6) is 5.75 Å². The standard InChI is InChI=1S/C27H43NO5/c1-18(2)8-7-9-23-14-24(32-16-19(3)4)15-28(23)27(31)21-10-11-25(33-17-20(5)6)22(12-21)13-26(29)30/h10-12,18-20,23-24H,7-9,13-17H2,1-6H3,(H,29,30)/t23-,24-/m1/s1. The number of carboxylic acid groups (broad SMARTS) is 1. The minimum Gasteiger partial charge on any atom is -0.493 e. The van der Waals surface area contributed by atoms with E-state index in [0.29, 0.717) is 54.4 Å². The van der Waals surface area contributed by atoms with E-state index < -0.39 is 5.97 Å². The highest BCUT2D eigenvalue weighted by Crippen LogP contribution is 2.29. The number of amides is 1. The van der Waals surface area contributed by atoms with Gasteiger partial charge in [0, 0.05) is 30.3 Å². The molecule has 0 spiro atoms. The molecule has 1 aliphatic rings. The third-order valence-electron chi connectivity index (χ3n) is 5.84. The van der Waals surface area contributed by atoms with Crippen LogP contribution in [-0.2, 0) is 16.0 Å². The van der Waals surface area contributed by atoms with Crippen molar-refractivity contribution in [1.82, 2.24) is 4.90 Å². The molecule has 1 N–H and O–H groups in total. The van der Waals surface area contributed by atoms with Crippen LogP contribution in [0.25, 0.3) is 0 Å². The van der Waals surface area contributed by atoms with Crippen LogP contribution in [0.2, 0.25) is 0 Å². The van der Waals surface area contributed by atoms with Gasteiger partial charge in [0.1, 0.15) is 5.75 Å². The molecule has 0 aliphatic carbocycles. The second kappa shape index (κ2) is 13.0. The number of hydrogen-bond acceptors (Lipinski definition) is 4. The van der Waals surface area contributed by atoms with Crippen molar-refractivity contribution in [3.05, 3.63) is 29.3 Å². The second-order valence-corrected chi connectivity index (χ2v) is 10.6. The molecule has 0 bridgehead atoms. The zero-order valence-electron chi connectivity index (χ0n) is 21.3. The Labute approximate surface area is 199 Å². The largest absolute Gasteiger partial charge is 0.493 e. The molecule has 0 radical (unpaired) electrons. The molecule has 33 heavy (non-hydrogen) atoms. The van der Waals surface area contributed by atoms with Crippen molar-refractivity contribution in [3.63, 3.8) is 0 Å². The molecule has 2 rings (SSSR count). The van der Waals surface area contributed by atoms with E-state index in [1.807, 2.05) is 18.7 Å². The van der Waals surface area contributed by atoms with Gasteiger partial charge in [0.2, 0.25) is 0 Å². The fourth-order valence-electron chi connectivity index (χ4n) is 4.18. The van der Waals surface area contributed by atoms with Gasteiger partial charge in [-0.25, -0.2) is 0 Å². The predicted octanol–water partition coefficient (Wildman–Crippen LogP) is 5.43. The van der Waals surface area contributed by atoms with Gasteiger partial charge < -0.3 is 19.5 Å². The van der Waals surface area contributed by atoms with Crippen LogP contribution in [0.1, 0.15) is 83.1 Å². The Kier molecular flexibility index (Phi) is 10.7. The monoisotopic (exact) mass is 461 g/mol. The van der Waals surface area contributed by atoms with Crippen molar-refractivity contribution in [2.45, 2.75) is 85.8 Å². The summed E-state index contributed by atoms with van der Waals surface area (Å²) in [6, 6.07) is 5.34. The lowest BCUT2D eigenvalue weighted by Gasteiger charge is -2.25. The Morgan fingerprint density at radius 1 is 1.06 bits per heavy atom. The average Bonchev–Trinajstić information content (AvgIpc) is 3.13. The normalized spacial score (nSPS) is 18.5. The second-order valence-electron chi connectivity index (χ2n) is 10.6. The average molecular weight is 462 g/mol. The maximum absolute atomic E-state index is 13.5. The SMILES string of the molecule is CC(C)CCC[C@@H]1C[C@@H](OCC(C)C)CN1C(=O)c1ccc(OCC(C)C)c(CC(=O)O)c1. The van der Waals surface area contributed by atoms with Crippen LogP contribution in [0.15, 0.2) is 18.2 Å². The highest BCUT2D eigenvalue weighted by atomic mass is 16.5. The topological polar surface area (TPSA) is 76.1 Å². The van der Waals surface area contributed by atoms with E-state index >= 15 is 0 Å². The Morgan fingerprint density at radius 3 is 2.36 bits per heavy atom. The Morgan fingerprint density at radius 2 is 1.76 bits per heavy atom. The highest BCUT2D eigenvalue weighted by Gasteiger charge is 2.36. The number of benzene rings is 1. The van der Waals surface area contributed by atoms with Crippen LogP contribution in [0.4, 0.5) is 0 Å². The molecular formula is C27H43NO5. The summed E-state index contributed by atoms with van der Waals surface area (Å²) in [5.41, 5.74) is 1.05. The molecule has 0 aromatic heterocycles. The van der Waals surface area contributed by atoms with Gasteiger partial charge in [-0.1, -0.05) is 54.4 Å². The van der Waals surface area contributed by atoms with Crippen LogP contribution in [0.3, 0.4) is 0 Å². The summed E-state index contributed by atoms with van der Waals surface area (Å²) in [6.45, 7) is 14.6. The molecular weight excluding hydrogens is 418 g/mol. The molecule has 6 heteroatoms. The maximum Gasteiger partial charge on any atom is 0.307 e. The van der Waals surface area contributed by atoms with E-state index in [9.17, 15) is 14.7 Å². The molecule has 1 aliphatic heterocycles. The number of rotatable bonds is 13. The molecule has 1 heterocycles. The minimum atomic E-state index is -0.941. The van der Waals surface area contributed by atoms with Crippen molar-refractivity contribution in [1.29, 1.82) is 0 Å². The van der Waals surface area contributed by atoms with Gasteiger partial charge >= 0.3 is 5.97 Å². The summed E-state index contributed by atoms with van der Waals surface area (Å²) in [7, 11) is 0. The summed E-state index contributed by atoms with van der Waals surface area (Å²) in [6.07, 6.45) is 3.91. The van der Waals surface area contributed by atoms with Crippen LogP contribution in [0, 0.1) is 17.8 Å². The summed E-state index contributed by atoms with van der Waals surface area (Å²) in [5, 5.41) is 9.36. The molecule has 0 unspecified atom stereocenters. The van der Waals surface area contributed by atoms with E-state index in [0.717, 1.165) is 25.7 Å². The van der Waals surface area contributed by atoms with Crippen LogP contribution < -0.4 is 4.74 Å². The molecule has 1 saturated heterocycles. The highest BCUT2D eigenvalue weighted by molar-refractivity contribution is 5.95. The molecule has 1 fully saturated rings. The van der Waals surface area contributed by atoms with E-state index in [-0.39, 0.29) is 24.5 Å². The number of carbonyl (C=O) groups excluding carboxylic acids is 1. The summed E-state index contributed by atoms with van der Waals surface area (Å²) >= 11 is 0. The first-order chi connectivity index (χ1) is 15.6. The van der Waals surface area contributed by atoms with Crippen molar-refractivity contribution >= 4 is 11.9 Å². The van der Waals surface area contributed by atoms with Gasteiger partial charge in [-0.3, -0.25) is 9.59 Å². The molecule has 1 aromatic carbocycles. The van der Waals surface area contributed by atoms with Gasteiger partial charge in [-0.15, -0.1) is 0 Å². The van der Waals surface area contributed by atoms with Crippen molar-refractivity contribution < 1.29 is 24.2 Å². The number of hydrogen-bond donors (Lipinski definition) is 1. The lowest BCUT2D eigenvalue weighted by atomic mass is 10.0. The van der Waals surface area contributed by atoms with E-state index in [1.165, 1.54) is 0 Å². The van der Waals surface area contributed by atoms with Crippen molar-refractivity contribution in [2.75, 3.05) is 19.8 Å². The fraction of sp³-hybridized carbons (Fsp3) is 0.704. The summed E-state index contributed by atoms with van der Waals surface area (Å²) in [5.74, 6) is 0.955. The Bertz CT molecular complexity index is 774. The van der Waals surface area contributed by atoms with Gasteiger partial charge in [0.25, 0.3) is 5.91 Å². The predicted molar refractivity (Wildman–Crippen MR) is 131 cm³/mol. The van der Waals surface area contributed by atoms with Crippen molar-refractivity contribution in [3.8, 4) is 5.75 Å². The number of likely N-dealkylation sites (tertiary alicyclic amines) is 1. The lowest BCUT2D eigenvalue weighted by Crippen LogP contribution is -2.36. The molecule has 186 valence electrons. The van der Waals surface area contributed by atoms with Gasteiger partial charge in [-0.2, -0.15) is 0 Å². The molecule has 1 amide bonds. The van der Waals surface area contributed by atoms with E-state index in [2.05, 4.69) is 27.7 Å². The maximum atomic E-state index is 13.5. The zero-order chi connectivity index (χ0) is 24.5. The third kappa shape index (κ3) is 9.00. The number of carboxylic acids is 1. The number of carbonyl (C=O) groups is 2. The minimum absolute atomic E-state index is 0.0486. The Hall–Kier alpha value is -2.08. The molecule has 2 atom stereocenters. The number of aliphatic carboxylic acids is 1. The summed E-state index contributed by atoms with van der Waals surface area (Å²) < 4.78 is 11.9. The van der Waals surface area contributed by atoms with Gasteiger partial charge in [0.05, 0.1) is 19.1 Å².